The molecule has 1 N–H and O–H groups in total. The minimum atomic E-state index is 0.167. The molecule has 80 valence electrons. The van der Waals surface area contributed by atoms with Crippen molar-refractivity contribution in [2.45, 2.75) is 32.0 Å². The van der Waals surface area contributed by atoms with Crippen molar-refractivity contribution >= 4 is 0 Å². The summed E-state index contributed by atoms with van der Waals surface area (Å²) in [6, 6.07) is 2.09. The van der Waals surface area contributed by atoms with Crippen molar-refractivity contribution in [3.8, 4) is 6.07 Å². The van der Waals surface area contributed by atoms with Crippen LogP contribution in [0.25, 0.3) is 0 Å². The molecule has 2 unspecified atom stereocenters. The molecule has 4 nitrogen and oxygen atoms in total. The van der Waals surface area contributed by atoms with Crippen LogP contribution >= 0.6 is 0 Å². The Morgan fingerprint density at radius 3 is 3.14 bits per heavy atom. The number of hydrogen-bond donors (Lipinski definition) is 1. The standard InChI is InChI=1S/C10H18N2O2/c1-9-6-12-7-10(14-9)8-13-5-3-2-4-11/h9-10,12H,2-3,5-8H2,1H3. The zero-order chi connectivity index (χ0) is 10.2. The molecule has 4 heteroatoms. The molecule has 0 bridgehead atoms. The number of morpholine rings is 1. The first-order valence-electron chi connectivity index (χ1n) is 5.14. The molecule has 14 heavy (non-hydrogen) atoms. The zero-order valence-electron chi connectivity index (χ0n) is 8.66. The minimum absolute atomic E-state index is 0.167. The predicted octanol–water partition coefficient (Wildman–Crippen LogP) is 0.684. The third-order valence-corrected chi connectivity index (χ3v) is 2.11. The van der Waals surface area contributed by atoms with Gasteiger partial charge < -0.3 is 14.8 Å². The first-order valence-corrected chi connectivity index (χ1v) is 5.14. The van der Waals surface area contributed by atoms with Crippen LogP contribution in [0, 0.1) is 11.3 Å². The smallest absolute Gasteiger partial charge is 0.0936 e. The predicted molar refractivity (Wildman–Crippen MR) is 52.9 cm³/mol. The molecule has 0 spiro atoms. The summed E-state index contributed by atoms with van der Waals surface area (Å²) in [6.45, 7) is 5.12. The maximum Gasteiger partial charge on any atom is 0.0936 e. The summed E-state index contributed by atoms with van der Waals surface area (Å²) in [5, 5.41) is 11.6. The Balaban J connectivity index is 1.98. The Hall–Kier alpha value is -0.630. The summed E-state index contributed by atoms with van der Waals surface area (Å²) in [5.41, 5.74) is 0. The summed E-state index contributed by atoms with van der Waals surface area (Å²) in [6.07, 6.45) is 1.82. The fraction of sp³-hybridized carbons (Fsp3) is 0.900. The van der Waals surface area contributed by atoms with Crippen molar-refractivity contribution in [1.82, 2.24) is 5.32 Å². The topological polar surface area (TPSA) is 54.3 Å². The van der Waals surface area contributed by atoms with E-state index in [-0.39, 0.29) is 12.2 Å². The average Bonchev–Trinajstić information content (AvgIpc) is 2.18. The molecule has 0 saturated carbocycles. The van der Waals surface area contributed by atoms with Crippen LogP contribution in [0.1, 0.15) is 19.8 Å². The molecule has 1 aliphatic rings. The largest absolute Gasteiger partial charge is 0.379 e. The first-order chi connectivity index (χ1) is 6.83. The van der Waals surface area contributed by atoms with Gasteiger partial charge in [0.25, 0.3) is 0 Å². The van der Waals surface area contributed by atoms with Gasteiger partial charge in [-0.05, 0) is 13.3 Å². The quantitative estimate of drug-likeness (QED) is 0.660. The van der Waals surface area contributed by atoms with Gasteiger partial charge in [-0.2, -0.15) is 5.26 Å². The van der Waals surface area contributed by atoms with Crippen LogP contribution in [0.2, 0.25) is 0 Å². The van der Waals surface area contributed by atoms with Gasteiger partial charge in [-0.15, -0.1) is 0 Å². The zero-order valence-corrected chi connectivity index (χ0v) is 8.66. The number of unbranched alkanes of at least 4 members (excludes halogenated alkanes) is 1. The van der Waals surface area contributed by atoms with Crippen LogP contribution < -0.4 is 5.32 Å². The maximum absolute atomic E-state index is 8.31. The van der Waals surface area contributed by atoms with Gasteiger partial charge in [-0.1, -0.05) is 0 Å². The molecule has 0 aromatic carbocycles. The SMILES string of the molecule is CC1CNCC(COCCCC#N)O1. The summed E-state index contributed by atoms with van der Waals surface area (Å²) >= 11 is 0. The van der Waals surface area contributed by atoms with Crippen LogP contribution in [-0.2, 0) is 9.47 Å². The maximum atomic E-state index is 8.31. The third kappa shape index (κ3) is 4.56. The Bertz CT molecular complexity index is 191. The molecule has 0 aromatic heterocycles. The lowest BCUT2D eigenvalue weighted by Crippen LogP contribution is -2.45. The van der Waals surface area contributed by atoms with Crippen LogP contribution in [0.3, 0.4) is 0 Å². The number of hydrogen-bond acceptors (Lipinski definition) is 4. The van der Waals surface area contributed by atoms with E-state index in [1.165, 1.54) is 0 Å². The number of nitriles is 1. The molecule has 0 amide bonds. The molecule has 0 radical (unpaired) electrons. The second-order valence-corrected chi connectivity index (χ2v) is 3.56. The lowest BCUT2D eigenvalue weighted by molar-refractivity contribution is -0.0686. The van der Waals surface area contributed by atoms with Crippen molar-refractivity contribution in [2.75, 3.05) is 26.3 Å². The monoisotopic (exact) mass is 198 g/mol. The fourth-order valence-electron chi connectivity index (χ4n) is 1.44. The van der Waals surface area contributed by atoms with E-state index in [9.17, 15) is 0 Å². The van der Waals surface area contributed by atoms with Gasteiger partial charge >= 0.3 is 0 Å². The van der Waals surface area contributed by atoms with Gasteiger partial charge in [0, 0.05) is 26.1 Å². The highest BCUT2D eigenvalue weighted by Gasteiger charge is 2.18. The summed E-state index contributed by atoms with van der Waals surface area (Å²) in [4.78, 5) is 0. The van der Waals surface area contributed by atoms with E-state index in [0.717, 1.165) is 19.5 Å². The van der Waals surface area contributed by atoms with Crippen LogP contribution in [0.4, 0.5) is 0 Å². The summed E-state index contributed by atoms with van der Waals surface area (Å²) < 4.78 is 11.0. The number of nitrogens with zero attached hydrogens (tertiary/aromatic N) is 1. The van der Waals surface area contributed by atoms with E-state index < -0.39 is 0 Å². The molecule has 1 rings (SSSR count). The highest BCUT2D eigenvalue weighted by Crippen LogP contribution is 2.03. The normalized spacial score (nSPS) is 27.1. The van der Waals surface area contributed by atoms with E-state index in [1.807, 2.05) is 0 Å². The Kier molecular flexibility index (Phi) is 5.53. The van der Waals surface area contributed by atoms with Gasteiger partial charge in [0.15, 0.2) is 0 Å². The van der Waals surface area contributed by atoms with Crippen LogP contribution in [0.15, 0.2) is 0 Å². The fourth-order valence-corrected chi connectivity index (χ4v) is 1.44. The molecule has 2 atom stereocenters. The molecule has 0 aromatic rings. The molecule has 1 fully saturated rings. The molecule has 1 heterocycles. The lowest BCUT2D eigenvalue weighted by Gasteiger charge is -2.28. The molecule has 1 saturated heterocycles. The summed E-state index contributed by atoms with van der Waals surface area (Å²) in [5.74, 6) is 0. The second kappa shape index (κ2) is 6.77. The van der Waals surface area contributed by atoms with E-state index in [1.54, 1.807) is 0 Å². The Morgan fingerprint density at radius 2 is 2.43 bits per heavy atom. The van der Waals surface area contributed by atoms with Gasteiger partial charge in [0.05, 0.1) is 24.9 Å². The number of rotatable bonds is 5. The molecular weight excluding hydrogens is 180 g/mol. The van der Waals surface area contributed by atoms with Gasteiger partial charge in [-0.3, -0.25) is 0 Å². The van der Waals surface area contributed by atoms with Gasteiger partial charge in [0.2, 0.25) is 0 Å². The first kappa shape index (κ1) is 11.4. The third-order valence-electron chi connectivity index (χ3n) is 2.11. The van der Waals surface area contributed by atoms with Crippen molar-refractivity contribution in [3.05, 3.63) is 0 Å². The van der Waals surface area contributed by atoms with Crippen LogP contribution in [-0.4, -0.2) is 38.5 Å². The van der Waals surface area contributed by atoms with Gasteiger partial charge in [-0.25, -0.2) is 0 Å². The highest BCUT2D eigenvalue weighted by molar-refractivity contribution is 4.71. The minimum Gasteiger partial charge on any atom is -0.379 e. The van der Waals surface area contributed by atoms with E-state index >= 15 is 0 Å². The number of ether oxygens (including phenoxy) is 2. The molecule has 1 aliphatic heterocycles. The highest BCUT2D eigenvalue weighted by atomic mass is 16.5. The molecule has 0 aliphatic carbocycles. The van der Waals surface area contributed by atoms with Crippen molar-refractivity contribution in [3.63, 3.8) is 0 Å². The summed E-state index contributed by atoms with van der Waals surface area (Å²) in [7, 11) is 0. The van der Waals surface area contributed by atoms with Crippen molar-refractivity contribution < 1.29 is 9.47 Å². The van der Waals surface area contributed by atoms with E-state index in [0.29, 0.717) is 19.6 Å². The second-order valence-electron chi connectivity index (χ2n) is 3.56. The van der Waals surface area contributed by atoms with Crippen molar-refractivity contribution in [2.24, 2.45) is 0 Å². The van der Waals surface area contributed by atoms with Gasteiger partial charge in [0.1, 0.15) is 0 Å². The molecular formula is C10H18N2O2. The average molecular weight is 198 g/mol. The van der Waals surface area contributed by atoms with E-state index in [4.69, 9.17) is 14.7 Å². The van der Waals surface area contributed by atoms with Crippen LogP contribution in [0.5, 0.6) is 0 Å². The van der Waals surface area contributed by atoms with E-state index in [2.05, 4.69) is 18.3 Å². The van der Waals surface area contributed by atoms with Crippen molar-refractivity contribution in [1.29, 1.82) is 5.26 Å². The lowest BCUT2D eigenvalue weighted by atomic mass is 10.2. The number of nitrogens with one attached hydrogen (secondary N) is 1. The Morgan fingerprint density at radius 1 is 1.57 bits per heavy atom. The Labute approximate surface area is 85.2 Å².